The average Bonchev–Trinajstić information content (AvgIpc) is 3.46. The van der Waals surface area contributed by atoms with Crippen molar-refractivity contribution in [3.05, 3.63) is 72.1 Å². The summed E-state index contributed by atoms with van der Waals surface area (Å²) in [5, 5.41) is 13.2. The number of rotatable bonds is 7. The van der Waals surface area contributed by atoms with Crippen molar-refractivity contribution in [3.8, 4) is 11.3 Å². The van der Waals surface area contributed by atoms with Crippen LogP contribution in [-0.2, 0) is 10.9 Å². The molecule has 0 aliphatic carbocycles. The Morgan fingerprint density at radius 1 is 1.03 bits per heavy atom. The van der Waals surface area contributed by atoms with Crippen molar-refractivity contribution in [2.24, 2.45) is 5.10 Å². The number of hydrazone groups is 1. The molecule has 4 aromatic rings. The highest BCUT2D eigenvalue weighted by Gasteiger charge is 2.34. The number of alkyl halides is 3. The fourth-order valence-electron chi connectivity index (χ4n) is 3.78. The topological polar surface area (TPSA) is 116 Å². The third kappa shape index (κ3) is 5.86. The van der Waals surface area contributed by atoms with Crippen molar-refractivity contribution in [2.45, 2.75) is 6.18 Å². The van der Waals surface area contributed by atoms with E-state index >= 15 is 0 Å². The Labute approximate surface area is 213 Å². The molecule has 3 N–H and O–H groups in total. The second-order valence-electron chi connectivity index (χ2n) is 8.16. The zero-order chi connectivity index (χ0) is 26.5. The first-order valence-corrected chi connectivity index (χ1v) is 11.5. The number of morpholine rings is 1. The Kier molecular flexibility index (Phi) is 7.13. The summed E-state index contributed by atoms with van der Waals surface area (Å²) in [6, 6.07) is 8.70. The van der Waals surface area contributed by atoms with Crippen LogP contribution in [0.1, 0.15) is 11.3 Å². The van der Waals surface area contributed by atoms with Gasteiger partial charge in [-0.1, -0.05) is 6.07 Å². The lowest BCUT2D eigenvalue weighted by Crippen LogP contribution is -2.37. The predicted octanol–water partition coefficient (Wildman–Crippen LogP) is 4.45. The monoisotopic (exact) mass is 527 g/mol. The summed E-state index contributed by atoms with van der Waals surface area (Å²) in [6.45, 7) is 2.02. The molecule has 4 heterocycles. The van der Waals surface area contributed by atoms with Gasteiger partial charge in [-0.05, 0) is 30.3 Å². The molecule has 0 amide bonds. The van der Waals surface area contributed by atoms with Crippen LogP contribution in [0.3, 0.4) is 0 Å². The van der Waals surface area contributed by atoms with Crippen LogP contribution in [0, 0.1) is 5.82 Å². The number of nitrogens with one attached hydrogen (secondary N) is 3. The molecular weight excluding hydrogens is 506 g/mol. The number of H-pyrrole nitrogens is 1. The lowest BCUT2D eigenvalue weighted by Gasteiger charge is -2.27. The third-order valence-electron chi connectivity index (χ3n) is 5.59. The quantitative estimate of drug-likeness (QED) is 0.184. The standard InChI is InChI=1S/C24H21F4N9O/c25-20-14-30-23(34-22(20)37-7-9-38-10-8-37)36-32-13-16-1-2-17(12-29-16)33-15-3-4-18(21-5-6-31-35-21)19(11-15)24(26,27)28/h1-6,11-14,33H,7-10H2,(H,31,35)(H,30,34,36)/b32-13+. The molecule has 1 aliphatic rings. The Hall–Kier alpha value is -4.59. The van der Waals surface area contributed by atoms with Crippen molar-refractivity contribution < 1.29 is 22.3 Å². The molecule has 1 aromatic carbocycles. The summed E-state index contributed by atoms with van der Waals surface area (Å²) in [5.74, 6) is -0.258. The van der Waals surface area contributed by atoms with Gasteiger partial charge >= 0.3 is 6.18 Å². The number of nitrogens with zero attached hydrogens (tertiary/aromatic N) is 6. The minimum Gasteiger partial charge on any atom is -0.378 e. The third-order valence-corrected chi connectivity index (χ3v) is 5.59. The van der Waals surface area contributed by atoms with Gasteiger partial charge in [0.15, 0.2) is 11.6 Å². The van der Waals surface area contributed by atoms with Crippen molar-refractivity contribution in [2.75, 3.05) is 41.9 Å². The molecule has 5 rings (SSSR count). The van der Waals surface area contributed by atoms with Gasteiger partial charge in [0.2, 0.25) is 5.95 Å². The molecule has 0 unspecified atom stereocenters. The van der Waals surface area contributed by atoms with E-state index in [4.69, 9.17) is 4.74 Å². The van der Waals surface area contributed by atoms with Crippen LogP contribution >= 0.6 is 0 Å². The normalized spacial score (nSPS) is 14.2. The summed E-state index contributed by atoms with van der Waals surface area (Å²) in [6.07, 6.45) is 0.776. The van der Waals surface area contributed by atoms with Gasteiger partial charge in [0.25, 0.3) is 0 Å². The van der Waals surface area contributed by atoms with E-state index in [2.05, 4.69) is 41.0 Å². The van der Waals surface area contributed by atoms with Crippen LogP contribution in [0.25, 0.3) is 11.3 Å². The first kappa shape index (κ1) is 25.1. The minimum atomic E-state index is -4.55. The van der Waals surface area contributed by atoms with Crippen LogP contribution in [0.2, 0.25) is 0 Å². The molecule has 1 fully saturated rings. The number of aromatic nitrogens is 5. The molecule has 38 heavy (non-hydrogen) atoms. The zero-order valence-electron chi connectivity index (χ0n) is 19.7. The highest BCUT2D eigenvalue weighted by atomic mass is 19.4. The highest BCUT2D eigenvalue weighted by Crippen LogP contribution is 2.38. The van der Waals surface area contributed by atoms with Gasteiger partial charge in [-0.25, -0.2) is 14.8 Å². The fourth-order valence-corrected chi connectivity index (χ4v) is 3.78. The molecule has 0 spiro atoms. The first-order chi connectivity index (χ1) is 18.4. The smallest absolute Gasteiger partial charge is 0.378 e. The van der Waals surface area contributed by atoms with E-state index in [-0.39, 0.29) is 28.7 Å². The van der Waals surface area contributed by atoms with Gasteiger partial charge < -0.3 is 15.0 Å². The summed E-state index contributed by atoms with van der Waals surface area (Å²) >= 11 is 0. The molecule has 0 atom stereocenters. The maximum Gasteiger partial charge on any atom is 0.417 e. The Morgan fingerprint density at radius 2 is 1.84 bits per heavy atom. The Bertz CT molecular complexity index is 1400. The van der Waals surface area contributed by atoms with Crippen molar-refractivity contribution in [3.63, 3.8) is 0 Å². The molecule has 14 heteroatoms. The molecule has 0 radical (unpaired) electrons. The maximum absolute atomic E-state index is 14.2. The molecule has 0 saturated carbocycles. The zero-order valence-corrected chi connectivity index (χ0v) is 19.7. The van der Waals surface area contributed by atoms with Crippen molar-refractivity contribution in [1.29, 1.82) is 0 Å². The lowest BCUT2D eigenvalue weighted by atomic mass is 10.0. The molecule has 3 aromatic heterocycles. The second-order valence-corrected chi connectivity index (χ2v) is 8.16. The second kappa shape index (κ2) is 10.8. The van der Waals surface area contributed by atoms with Gasteiger partial charge in [0, 0.05) is 30.5 Å². The van der Waals surface area contributed by atoms with Crippen LogP contribution in [0.15, 0.2) is 60.1 Å². The van der Waals surface area contributed by atoms with E-state index in [1.165, 1.54) is 30.7 Å². The van der Waals surface area contributed by atoms with E-state index < -0.39 is 17.6 Å². The van der Waals surface area contributed by atoms with Gasteiger partial charge in [-0.2, -0.15) is 28.4 Å². The molecule has 1 saturated heterocycles. The summed E-state index contributed by atoms with van der Waals surface area (Å²) in [7, 11) is 0. The molecule has 10 nitrogen and oxygen atoms in total. The number of ether oxygens (including phenoxy) is 1. The van der Waals surface area contributed by atoms with Gasteiger partial charge in [0.1, 0.15) is 0 Å². The van der Waals surface area contributed by atoms with Gasteiger partial charge in [-0.15, -0.1) is 0 Å². The number of anilines is 4. The van der Waals surface area contributed by atoms with E-state index in [1.807, 2.05) is 0 Å². The maximum atomic E-state index is 14.2. The van der Waals surface area contributed by atoms with Gasteiger partial charge in [0.05, 0.1) is 54.5 Å². The van der Waals surface area contributed by atoms with Crippen molar-refractivity contribution in [1.82, 2.24) is 25.1 Å². The Balaban J connectivity index is 1.24. The number of pyridine rings is 1. The summed E-state index contributed by atoms with van der Waals surface area (Å²) in [4.78, 5) is 14.1. The number of hydrogen-bond acceptors (Lipinski definition) is 9. The van der Waals surface area contributed by atoms with E-state index in [0.717, 1.165) is 12.3 Å². The van der Waals surface area contributed by atoms with E-state index in [0.29, 0.717) is 37.7 Å². The van der Waals surface area contributed by atoms with E-state index in [1.54, 1.807) is 23.1 Å². The van der Waals surface area contributed by atoms with Crippen LogP contribution in [0.4, 0.5) is 40.7 Å². The van der Waals surface area contributed by atoms with Crippen LogP contribution in [-0.4, -0.2) is 57.7 Å². The van der Waals surface area contributed by atoms with Crippen molar-refractivity contribution >= 4 is 29.4 Å². The predicted molar refractivity (Wildman–Crippen MR) is 133 cm³/mol. The molecule has 0 bridgehead atoms. The van der Waals surface area contributed by atoms with Gasteiger partial charge in [-0.3, -0.25) is 10.1 Å². The van der Waals surface area contributed by atoms with Crippen LogP contribution < -0.4 is 15.6 Å². The molecule has 196 valence electrons. The van der Waals surface area contributed by atoms with Crippen LogP contribution in [0.5, 0.6) is 0 Å². The fraction of sp³-hybridized carbons (Fsp3) is 0.208. The number of benzene rings is 1. The number of aromatic amines is 1. The SMILES string of the molecule is Fc1cnc(N/N=C/c2ccc(Nc3ccc(-c4ccn[nH]4)c(C(F)(F)F)c3)cn2)nc1N1CCOCC1. The highest BCUT2D eigenvalue weighted by molar-refractivity contribution is 5.78. The minimum absolute atomic E-state index is 0.0000608. The average molecular weight is 527 g/mol. The molecule has 1 aliphatic heterocycles. The van der Waals surface area contributed by atoms with E-state index in [9.17, 15) is 17.6 Å². The first-order valence-electron chi connectivity index (χ1n) is 11.5. The number of hydrogen-bond donors (Lipinski definition) is 3. The lowest BCUT2D eigenvalue weighted by molar-refractivity contribution is -0.137. The summed E-state index contributed by atoms with van der Waals surface area (Å²) in [5.41, 5.74) is 3.31. The summed E-state index contributed by atoms with van der Waals surface area (Å²) < 4.78 is 60.4. The largest absolute Gasteiger partial charge is 0.417 e. The number of halogens is 4. The molecular formula is C24H21F4N9O. The Morgan fingerprint density at radius 3 is 2.55 bits per heavy atom.